The molecular formula is C16H27N3O2. The summed E-state index contributed by atoms with van der Waals surface area (Å²) in [4.78, 5) is 16.6. The van der Waals surface area contributed by atoms with Gasteiger partial charge in [0.2, 0.25) is 5.91 Å². The molecule has 1 aromatic rings. The molecule has 0 aliphatic heterocycles. The van der Waals surface area contributed by atoms with Crippen LogP contribution in [0.4, 0.5) is 0 Å². The summed E-state index contributed by atoms with van der Waals surface area (Å²) in [6, 6.07) is 0. The maximum absolute atomic E-state index is 12.3. The van der Waals surface area contributed by atoms with Crippen LogP contribution in [0.1, 0.15) is 57.7 Å². The van der Waals surface area contributed by atoms with Gasteiger partial charge in [0.1, 0.15) is 5.82 Å². The number of hydrogen-bond acceptors (Lipinski definition) is 3. The summed E-state index contributed by atoms with van der Waals surface area (Å²) in [6.45, 7) is 5.53. The molecule has 21 heavy (non-hydrogen) atoms. The van der Waals surface area contributed by atoms with Crippen molar-refractivity contribution in [1.82, 2.24) is 14.9 Å². The number of nitrogens with one attached hydrogen (secondary N) is 1. The third-order valence-electron chi connectivity index (χ3n) is 4.23. The molecule has 0 bridgehead atoms. The van der Waals surface area contributed by atoms with E-state index in [1.807, 2.05) is 6.20 Å². The smallest absolute Gasteiger partial charge is 0.222 e. The molecule has 1 heterocycles. The third-order valence-corrected chi connectivity index (χ3v) is 4.23. The van der Waals surface area contributed by atoms with E-state index in [-0.39, 0.29) is 11.4 Å². The van der Waals surface area contributed by atoms with Gasteiger partial charge in [-0.1, -0.05) is 26.7 Å². The standard InChI is InChI=1S/C16H27N3O2/c1-13(2)15-17-9-11-19(15)10-6-14(20)18-16(12-21-3)7-4-5-8-16/h9,11,13H,4-8,10,12H2,1-3H3,(H,18,20). The van der Waals surface area contributed by atoms with Crippen LogP contribution in [0.2, 0.25) is 0 Å². The number of rotatable bonds is 7. The van der Waals surface area contributed by atoms with Crippen molar-refractivity contribution in [2.24, 2.45) is 0 Å². The van der Waals surface area contributed by atoms with Crippen LogP contribution in [-0.2, 0) is 16.1 Å². The Bertz CT molecular complexity index is 462. The number of aryl methyl sites for hydroxylation is 1. The first-order chi connectivity index (χ1) is 10.1. The van der Waals surface area contributed by atoms with Gasteiger partial charge in [-0.15, -0.1) is 0 Å². The van der Waals surface area contributed by atoms with Crippen LogP contribution in [0.15, 0.2) is 12.4 Å². The van der Waals surface area contributed by atoms with Gasteiger partial charge < -0.3 is 14.6 Å². The molecule has 0 saturated heterocycles. The molecule has 0 spiro atoms. The molecule has 0 radical (unpaired) electrons. The zero-order chi connectivity index (χ0) is 15.3. The highest BCUT2D eigenvalue weighted by Gasteiger charge is 2.35. The van der Waals surface area contributed by atoms with E-state index in [9.17, 15) is 4.79 Å². The molecule has 2 rings (SSSR count). The molecule has 1 saturated carbocycles. The fourth-order valence-electron chi connectivity index (χ4n) is 3.22. The van der Waals surface area contributed by atoms with Gasteiger partial charge in [-0.2, -0.15) is 0 Å². The maximum Gasteiger partial charge on any atom is 0.222 e. The maximum atomic E-state index is 12.3. The van der Waals surface area contributed by atoms with Gasteiger partial charge in [0.15, 0.2) is 0 Å². The van der Waals surface area contributed by atoms with Crippen LogP contribution in [0.25, 0.3) is 0 Å². The van der Waals surface area contributed by atoms with E-state index in [2.05, 4.69) is 28.7 Å². The van der Waals surface area contributed by atoms with Gasteiger partial charge in [-0.25, -0.2) is 4.98 Å². The SMILES string of the molecule is COCC1(NC(=O)CCn2ccnc2C(C)C)CCCC1. The second-order valence-electron chi connectivity index (χ2n) is 6.35. The van der Waals surface area contributed by atoms with E-state index in [4.69, 9.17) is 4.74 Å². The fraction of sp³-hybridized carbons (Fsp3) is 0.750. The number of hydrogen-bond donors (Lipinski definition) is 1. The summed E-state index contributed by atoms with van der Waals surface area (Å²) >= 11 is 0. The predicted molar refractivity (Wildman–Crippen MR) is 82.2 cm³/mol. The number of imidazole rings is 1. The Morgan fingerprint density at radius 3 is 2.81 bits per heavy atom. The summed E-state index contributed by atoms with van der Waals surface area (Å²) in [5.41, 5.74) is -0.137. The minimum atomic E-state index is -0.137. The summed E-state index contributed by atoms with van der Waals surface area (Å²) in [7, 11) is 1.70. The Hall–Kier alpha value is -1.36. The van der Waals surface area contributed by atoms with Gasteiger partial charge in [-0.3, -0.25) is 4.79 Å². The summed E-state index contributed by atoms with van der Waals surface area (Å²) in [6.07, 6.45) is 8.62. The van der Waals surface area contributed by atoms with Crippen molar-refractivity contribution in [3.8, 4) is 0 Å². The van der Waals surface area contributed by atoms with E-state index in [0.29, 0.717) is 25.5 Å². The molecule has 0 unspecified atom stereocenters. The molecule has 1 fully saturated rings. The Morgan fingerprint density at radius 2 is 2.19 bits per heavy atom. The van der Waals surface area contributed by atoms with Crippen molar-refractivity contribution >= 4 is 5.91 Å². The van der Waals surface area contributed by atoms with Gasteiger partial charge in [0.25, 0.3) is 0 Å². The van der Waals surface area contributed by atoms with Crippen LogP contribution in [0, 0.1) is 0 Å². The topological polar surface area (TPSA) is 56.1 Å². The first-order valence-electron chi connectivity index (χ1n) is 7.87. The number of carbonyl (C=O) groups excluding carboxylic acids is 1. The van der Waals surface area contributed by atoms with Crippen LogP contribution in [0.5, 0.6) is 0 Å². The third kappa shape index (κ3) is 4.06. The zero-order valence-corrected chi connectivity index (χ0v) is 13.4. The summed E-state index contributed by atoms with van der Waals surface area (Å²) in [5.74, 6) is 1.52. The van der Waals surface area contributed by atoms with Gasteiger partial charge in [-0.05, 0) is 12.8 Å². The number of aromatic nitrogens is 2. The number of amides is 1. The van der Waals surface area contributed by atoms with E-state index in [0.717, 1.165) is 18.7 Å². The lowest BCUT2D eigenvalue weighted by atomic mass is 9.98. The van der Waals surface area contributed by atoms with Gasteiger partial charge >= 0.3 is 0 Å². The number of carbonyl (C=O) groups is 1. The van der Waals surface area contributed by atoms with Crippen molar-refractivity contribution < 1.29 is 9.53 Å². The Kier molecular flexibility index (Phi) is 5.39. The van der Waals surface area contributed by atoms with E-state index in [1.165, 1.54) is 12.8 Å². The molecular weight excluding hydrogens is 266 g/mol. The number of nitrogens with zero attached hydrogens (tertiary/aromatic N) is 2. The number of methoxy groups -OCH3 is 1. The lowest BCUT2D eigenvalue weighted by Crippen LogP contribution is -2.49. The normalized spacial score (nSPS) is 17.3. The average molecular weight is 293 g/mol. The first kappa shape index (κ1) is 16.0. The lowest BCUT2D eigenvalue weighted by molar-refractivity contribution is -0.124. The molecule has 1 aliphatic carbocycles. The van der Waals surface area contributed by atoms with Crippen molar-refractivity contribution in [3.63, 3.8) is 0 Å². The first-order valence-corrected chi connectivity index (χ1v) is 7.87. The zero-order valence-electron chi connectivity index (χ0n) is 13.4. The van der Waals surface area contributed by atoms with Crippen molar-refractivity contribution in [2.45, 2.75) is 64.0 Å². The second kappa shape index (κ2) is 7.07. The quantitative estimate of drug-likeness (QED) is 0.840. The van der Waals surface area contributed by atoms with Crippen LogP contribution in [0.3, 0.4) is 0 Å². The Morgan fingerprint density at radius 1 is 1.48 bits per heavy atom. The Balaban J connectivity index is 1.88. The van der Waals surface area contributed by atoms with Crippen LogP contribution in [-0.4, -0.2) is 34.7 Å². The second-order valence-corrected chi connectivity index (χ2v) is 6.35. The van der Waals surface area contributed by atoms with Crippen molar-refractivity contribution in [3.05, 3.63) is 18.2 Å². The Labute approximate surface area is 127 Å². The van der Waals surface area contributed by atoms with Gasteiger partial charge in [0, 0.05) is 38.4 Å². The molecule has 1 amide bonds. The van der Waals surface area contributed by atoms with Gasteiger partial charge in [0.05, 0.1) is 12.1 Å². The lowest BCUT2D eigenvalue weighted by Gasteiger charge is -2.29. The summed E-state index contributed by atoms with van der Waals surface area (Å²) < 4.78 is 7.37. The molecule has 5 nitrogen and oxygen atoms in total. The van der Waals surface area contributed by atoms with Crippen molar-refractivity contribution in [2.75, 3.05) is 13.7 Å². The molecule has 1 N–H and O–H groups in total. The van der Waals surface area contributed by atoms with E-state index < -0.39 is 0 Å². The molecule has 0 atom stereocenters. The molecule has 5 heteroatoms. The summed E-state index contributed by atoms with van der Waals surface area (Å²) in [5, 5.41) is 3.21. The van der Waals surface area contributed by atoms with E-state index in [1.54, 1.807) is 13.3 Å². The average Bonchev–Trinajstić information content (AvgIpc) is 3.06. The predicted octanol–water partition coefficient (Wildman–Crippen LogP) is 2.47. The minimum Gasteiger partial charge on any atom is -0.382 e. The molecule has 0 aromatic carbocycles. The van der Waals surface area contributed by atoms with E-state index >= 15 is 0 Å². The molecule has 118 valence electrons. The van der Waals surface area contributed by atoms with Crippen LogP contribution < -0.4 is 5.32 Å². The number of ether oxygens (including phenoxy) is 1. The highest BCUT2D eigenvalue weighted by atomic mass is 16.5. The molecule has 1 aliphatic rings. The fourth-order valence-corrected chi connectivity index (χ4v) is 3.22. The largest absolute Gasteiger partial charge is 0.382 e. The van der Waals surface area contributed by atoms with Crippen molar-refractivity contribution in [1.29, 1.82) is 0 Å². The minimum absolute atomic E-state index is 0.109. The van der Waals surface area contributed by atoms with Crippen LogP contribution >= 0.6 is 0 Å². The highest BCUT2D eigenvalue weighted by molar-refractivity contribution is 5.76. The highest BCUT2D eigenvalue weighted by Crippen LogP contribution is 2.30. The monoisotopic (exact) mass is 293 g/mol. The molecule has 1 aromatic heterocycles.